The minimum atomic E-state index is -4.71. The number of carbonyl (C=O) groups is 2. The highest BCUT2D eigenvalue weighted by atomic mass is 19.4. The highest BCUT2D eigenvalue weighted by Gasteiger charge is 2.54. The van der Waals surface area contributed by atoms with Crippen molar-refractivity contribution < 1.29 is 46.5 Å². The fraction of sp³-hybridized carbons (Fsp3) is 0.517. The summed E-state index contributed by atoms with van der Waals surface area (Å²) in [7, 11) is 0. The van der Waals surface area contributed by atoms with Crippen molar-refractivity contribution in [3.8, 4) is 0 Å². The lowest BCUT2D eigenvalue weighted by Crippen LogP contribution is -2.61. The highest BCUT2D eigenvalue weighted by Crippen LogP contribution is 2.47. The first-order chi connectivity index (χ1) is 19.9. The molecule has 2 aliphatic heterocycles. The van der Waals surface area contributed by atoms with Gasteiger partial charge in [-0.05, 0) is 73.6 Å². The third-order valence-corrected chi connectivity index (χ3v) is 8.49. The first kappa shape index (κ1) is 30.2. The van der Waals surface area contributed by atoms with Crippen LogP contribution in [0, 0.1) is 17.6 Å². The van der Waals surface area contributed by atoms with Crippen molar-refractivity contribution in [1.82, 2.24) is 10.2 Å². The average molecular weight is 598 g/mol. The third kappa shape index (κ3) is 6.23. The lowest BCUT2D eigenvalue weighted by Gasteiger charge is -2.48. The Labute approximate surface area is 239 Å². The number of anilines is 1. The number of alkyl halides is 3. The summed E-state index contributed by atoms with van der Waals surface area (Å²) in [5, 5.41) is 22.1. The topological polar surface area (TPSA) is 102 Å². The molecule has 3 fully saturated rings. The SMILES string of the molecule is O=C(O)c1cc(N2CCN([C@@H]3CC[C@@](C(=O)NCc4cc(F)cc(C(F)(F)F)c4)(C4CC4)OC3)C[C@H]2CO)ccc1F. The van der Waals surface area contributed by atoms with Crippen molar-refractivity contribution in [2.75, 3.05) is 37.7 Å². The fourth-order valence-electron chi connectivity index (χ4n) is 6.12. The van der Waals surface area contributed by atoms with Gasteiger partial charge in [-0.25, -0.2) is 13.6 Å². The molecule has 13 heteroatoms. The number of halogens is 5. The Morgan fingerprint density at radius 2 is 1.83 bits per heavy atom. The van der Waals surface area contributed by atoms with Crippen LogP contribution in [0.4, 0.5) is 27.6 Å². The predicted molar refractivity (Wildman–Crippen MR) is 141 cm³/mol. The van der Waals surface area contributed by atoms with E-state index in [1.54, 1.807) is 0 Å². The van der Waals surface area contributed by atoms with Crippen LogP contribution < -0.4 is 10.2 Å². The molecule has 3 aliphatic rings. The molecule has 0 radical (unpaired) electrons. The van der Waals surface area contributed by atoms with Crippen molar-refractivity contribution in [3.63, 3.8) is 0 Å². The van der Waals surface area contributed by atoms with Crippen molar-refractivity contribution in [1.29, 1.82) is 0 Å². The van der Waals surface area contributed by atoms with E-state index in [1.165, 1.54) is 12.1 Å². The van der Waals surface area contributed by atoms with Crippen molar-refractivity contribution in [3.05, 3.63) is 64.7 Å². The molecular weight excluding hydrogens is 565 g/mol. The molecule has 1 saturated carbocycles. The summed E-state index contributed by atoms with van der Waals surface area (Å²) in [6.07, 6.45) is -2.12. The number of nitrogens with zero attached hydrogens (tertiary/aromatic N) is 2. The minimum absolute atomic E-state index is 0.000135. The maximum Gasteiger partial charge on any atom is 0.416 e. The van der Waals surface area contributed by atoms with Crippen LogP contribution in [-0.4, -0.2) is 77.5 Å². The zero-order chi connectivity index (χ0) is 30.2. The number of aliphatic hydroxyl groups excluding tert-OH is 1. The van der Waals surface area contributed by atoms with E-state index in [1.807, 2.05) is 4.90 Å². The number of hydrogen-bond acceptors (Lipinski definition) is 6. The Balaban J connectivity index is 1.21. The number of ether oxygens (including phenoxy) is 1. The normalized spacial score (nSPS) is 25.3. The zero-order valence-electron chi connectivity index (χ0n) is 22.7. The van der Waals surface area contributed by atoms with Gasteiger partial charge in [-0.1, -0.05) is 0 Å². The second-order valence-corrected chi connectivity index (χ2v) is 11.2. The molecule has 2 aromatic carbocycles. The number of hydrogen-bond donors (Lipinski definition) is 3. The Morgan fingerprint density at radius 1 is 1.07 bits per heavy atom. The van der Waals surface area contributed by atoms with Gasteiger partial charge in [0.1, 0.15) is 17.2 Å². The summed E-state index contributed by atoms with van der Waals surface area (Å²) >= 11 is 0. The Hall–Kier alpha value is -3.29. The Morgan fingerprint density at radius 3 is 2.45 bits per heavy atom. The van der Waals surface area contributed by atoms with E-state index in [0.717, 1.165) is 31.0 Å². The van der Waals surface area contributed by atoms with Gasteiger partial charge < -0.3 is 25.2 Å². The second-order valence-electron chi connectivity index (χ2n) is 11.2. The van der Waals surface area contributed by atoms with Crippen LogP contribution in [0.5, 0.6) is 0 Å². The van der Waals surface area contributed by atoms with E-state index in [2.05, 4.69) is 10.2 Å². The van der Waals surface area contributed by atoms with Gasteiger partial charge in [0.25, 0.3) is 5.91 Å². The standard InChI is InChI=1S/C29H32F5N3O5/c30-20-10-17(9-19(11-20)29(32,33)34)13-35-27(41)28(18-1-2-18)6-5-22(16-42-28)36-7-8-37(23(14-36)15-38)21-3-4-25(31)24(12-21)26(39)40/h3-4,9-12,18,22-23,38H,1-2,5-8,13-16H2,(H,35,41)(H,39,40)/t22-,23+,28+/m1/s1. The average Bonchev–Trinajstić information content (AvgIpc) is 3.81. The van der Waals surface area contributed by atoms with Crippen molar-refractivity contribution in [2.24, 2.45) is 5.92 Å². The summed E-state index contributed by atoms with van der Waals surface area (Å²) < 4.78 is 73.2. The summed E-state index contributed by atoms with van der Waals surface area (Å²) in [6, 6.07) is 5.60. The van der Waals surface area contributed by atoms with E-state index in [9.17, 15) is 41.8 Å². The molecule has 228 valence electrons. The number of carboxylic acids is 1. The molecule has 0 aromatic heterocycles. The van der Waals surface area contributed by atoms with Gasteiger partial charge in [-0.2, -0.15) is 13.2 Å². The van der Waals surface area contributed by atoms with Crippen LogP contribution in [0.15, 0.2) is 36.4 Å². The quantitative estimate of drug-likeness (QED) is 0.398. The van der Waals surface area contributed by atoms with Crippen LogP contribution in [0.25, 0.3) is 0 Å². The molecule has 8 nitrogen and oxygen atoms in total. The monoisotopic (exact) mass is 597 g/mol. The number of rotatable bonds is 8. The number of carbonyl (C=O) groups excluding carboxylic acids is 1. The van der Waals surface area contributed by atoms with E-state index in [-0.39, 0.29) is 43.3 Å². The van der Waals surface area contributed by atoms with Gasteiger partial charge in [-0.15, -0.1) is 0 Å². The van der Waals surface area contributed by atoms with E-state index in [0.29, 0.717) is 44.2 Å². The number of benzene rings is 2. The molecule has 3 N–H and O–H groups in total. The molecule has 2 heterocycles. The molecule has 0 unspecified atom stereocenters. The fourth-order valence-corrected chi connectivity index (χ4v) is 6.12. The minimum Gasteiger partial charge on any atom is -0.478 e. The second kappa shape index (κ2) is 11.8. The molecule has 1 aliphatic carbocycles. The maximum atomic E-state index is 13.9. The molecule has 5 rings (SSSR count). The van der Waals surface area contributed by atoms with E-state index in [4.69, 9.17) is 4.74 Å². The molecule has 42 heavy (non-hydrogen) atoms. The van der Waals surface area contributed by atoms with Crippen molar-refractivity contribution >= 4 is 17.6 Å². The molecule has 2 aromatic rings. The van der Waals surface area contributed by atoms with Gasteiger partial charge in [0.2, 0.25) is 0 Å². The van der Waals surface area contributed by atoms with E-state index >= 15 is 0 Å². The van der Waals surface area contributed by atoms with Crippen LogP contribution in [0.3, 0.4) is 0 Å². The van der Waals surface area contributed by atoms with Gasteiger partial charge in [0.15, 0.2) is 0 Å². The lowest BCUT2D eigenvalue weighted by atomic mass is 9.85. The third-order valence-electron chi connectivity index (χ3n) is 8.49. The summed E-state index contributed by atoms with van der Waals surface area (Å²) in [5.41, 5.74) is -2.18. The van der Waals surface area contributed by atoms with Crippen LogP contribution in [-0.2, 0) is 22.3 Å². The Bertz CT molecular complexity index is 1330. The van der Waals surface area contributed by atoms with Crippen molar-refractivity contribution in [2.45, 2.75) is 56.1 Å². The van der Waals surface area contributed by atoms with E-state index < -0.39 is 46.4 Å². The number of piperazine rings is 1. The summed E-state index contributed by atoms with van der Waals surface area (Å²) in [6.45, 7) is 1.21. The molecular formula is C29H32F5N3O5. The van der Waals surface area contributed by atoms with Gasteiger partial charge in [-0.3, -0.25) is 9.69 Å². The molecule has 0 spiro atoms. The molecule has 2 saturated heterocycles. The molecule has 3 atom stereocenters. The number of aliphatic hydroxyl groups is 1. The lowest BCUT2D eigenvalue weighted by molar-refractivity contribution is -0.165. The number of carboxylic acid groups (broad SMARTS) is 1. The number of nitrogens with one attached hydrogen (secondary N) is 1. The van der Waals surface area contributed by atoms with Crippen LogP contribution in [0.1, 0.15) is 47.2 Å². The van der Waals surface area contributed by atoms with Crippen LogP contribution in [0.2, 0.25) is 0 Å². The van der Waals surface area contributed by atoms with Gasteiger partial charge in [0.05, 0.1) is 30.4 Å². The zero-order valence-corrected chi connectivity index (χ0v) is 22.7. The number of aromatic carboxylic acids is 1. The first-order valence-electron chi connectivity index (χ1n) is 13.8. The Kier molecular flexibility index (Phi) is 8.46. The predicted octanol–water partition coefficient (Wildman–Crippen LogP) is 3.81. The molecule has 0 bridgehead atoms. The molecule has 1 amide bonds. The summed E-state index contributed by atoms with van der Waals surface area (Å²) in [4.78, 5) is 28.7. The highest BCUT2D eigenvalue weighted by molar-refractivity contribution is 5.89. The smallest absolute Gasteiger partial charge is 0.416 e. The summed E-state index contributed by atoms with van der Waals surface area (Å²) in [5.74, 6) is -3.69. The maximum absolute atomic E-state index is 13.9. The van der Waals surface area contributed by atoms with Gasteiger partial charge in [0, 0.05) is 37.9 Å². The first-order valence-corrected chi connectivity index (χ1v) is 13.8. The van der Waals surface area contributed by atoms with Crippen LogP contribution >= 0.6 is 0 Å². The largest absolute Gasteiger partial charge is 0.478 e. The number of amides is 1. The van der Waals surface area contributed by atoms with Gasteiger partial charge >= 0.3 is 12.1 Å².